The molecule has 1 heterocycles. The molecule has 1 aliphatic heterocycles. The predicted molar refractivity (Wildman–Crippen MR) is 121 cm³/mol. The fourth-order valence-corrected chi connectivity index (χ4v) is 3.64. The number of carbonyl (C=O) groups is 2. The first-order valence-corrected chi connectivity index (χ1v) is 10.5. The Labute approximate surface area is 187 Å². The highest BCUT2D eigenvalue weighted by molar-refractivity contribution is 6.00. The number of ether oxygens (including phenoxy) is 2. The largest absolute Gasteiger partial charge is 0.486 e. The van der Waals surface area contributed by atoms with Crippen molar-refractivity contribution in [3.05, 3.63) is 63.1 Å². The zero-order valence-electron chi connectivity index (χ0n) is 19.3. The van der Waals surface area contributed by atoms with Crippen LogP contribution < -0.4 is 14.9 Å². The highest BCUT2D eigenvalue weighted by Gasteiger charge is 2.31. The Morgan fingerprint density at radius 2 is 1.78 bits per heavy atom. The molecular weight excluding hydrogens is 410 g/mol. The summed E-state index contributed by atoms with van der Waals surface area (Å²) in [6.45, 7) is 11.3. The molecule has 0 saturated heterocycles. The number of hydrogen-bond acceptors (Lipinski definition) is 6. The van der Waals surface area contributed by atoms with Gasteiger partial charge in [0, 0.05) is 16.7 Å². The minimum atomic E-state index is -0.674. The van der Waals surface area contributed by atoms with E-state index in [1.165, 1.54) is 5.01 Å². The van der Waals surface area contributed by atoms with Crippen molar-refractivity contribution in [2.45, 2.75) is 53.2 Å². The van der Waals surface area contributed by atoms with Gasteiger partial charge in [0.25, 0.3) is 11.8 Å². The third kappa shape index (κ3) is 4.90. The van der Waals surface area contributed by atoms with E-state index < -0.39 is 17.6 Å². The Morgan fingerprint density at radius 3 is 2.38 bits per heavy atom. The number of nitrogens with one attached hydrogen (secondary N) is 1. The Kier molecular flexibility index (Phi) is 6.52. The van der Waals surface area contributed by atoms with Gasteiger partial charge in [-0.1, -0.05) is 22.4 Å². The minimum absolute atomic E-state index is 0.0441. The van der Waals surface area contributed by atoms with Gasteiger partial charge >= 0.3 is 0 Å². The van der Waals surface area contributed by atoms with Crippen LogP contribution in [-0.4, -0.2) is 41.6 Å². The third-order valence-corrected chi connectivity index (χ3v) is 5.16. The van der Waals surface area contributed by atoms with Crippen molar-refractivity contribution in [2.24, 2.45) is 5.18 Å². The molecule has 0 fully saturated rings. The van der Waals surface area contributed by atoms with Crippen molar-refractivity contribution in [2.75, 3.05) is 13.2 Å². The first-order valence-electron chi connectivity index (χ1n) is 10.5. The maximum atomic E-state index is 13.3. The highest BCUT2D eigenvalue weighted by atomic mass is 16.6. The molecule has 3 rings (SSSR count). The van der Waals surface area contributed by atoms with Crippen molar-refractivity contribution in [3.63, 3.8) is 0 Å². The van der Waals surface area contributed by atoms with Crippen LogP contribution in [0.1, 0.15) is 58.2 Å². The molecule has 0 aliphatic carbocycles. The quantitative estimate of drug-likeness (QED) is 0.571. The molecule has 1 aliphatic rings. The average Bonchev–Trinajstić information content (AvgIpc) is 2.70. The lowest BCUT2D eigenvalue weighted by molar-refractivity contribution is 0.0357. The summed E-state index contributed by atoms with van der Waals surface area (Å²) in [7, 11) is 0. The molecule has 1 unspecified atom stereocenters. The van der Waals surface area contributed by atoms with Crippen LogP contribution in [-0.2, 0) is 0 Å². The topological polar surface area (TPSA) is 97.3 Å². The van der Waals surface area contributed by atoms with Gasteiger partial charge in [-0.3, -0.25) is 15.0 Å². The normalized spacial score (nSPS) is 15.1. The van der Waals surface area contributed by atoms with E-state index in [0.717, 1.165) is 11.1 Å². The number of hydrazine groups is 1. The summed E-state index contributed by atoms with van der Waals surface area (Å²) < 4.78 is 11.5. The molecule has 0 bridgehead atoms. The van der Waals surface area contributed by atoms with Gasteiger partial charge in [0.05, 0.1) is 5.54 Å². The van der Waals surface area contributed by atoms with Crippen LogP contribution in [0, 0.1) is 25.7 Å². The SMILES string of the molecule is Cc1cc(C)cc(C(=O)N(NC(=O)c2ccc3c(c2C)OC(CN=O)CO3)C(C)(C)C)c1. The molecule has 0 aromatic heterocycles. The lowest BCUT2D eigenvalue weighted by Gasteiger charge is -2.36. The highest BCUT2D eigenvalue weighted by Crippen LogP contribution is 2.37. The Hall–Kier alpha value is -3.42. The van der Waals surface area contributed by atoms with Crippen LogP contribution in [0.3, 0.4) is 0 Å². The molecule has 1 atom stereocenters. The van der Waals surface area contributed by atoms with Crippen molar-refractivity contribution in [3.8, 4) is 11.5 Å². The van der Waals surface area contributed by atoms with Crippen molar-refractivity contribution < 1.29 is 19.1 Å². The zero-order valence-corrected chi connectivity index (χ0v) is 19.3. The molecule has 0 spiro atoms. The fraction of sp³-hybridized carbons (Fsp3) is 0.417. The number of amides is 2. The predicted octanol–water partition coefficient (Wildman–Crippen LogP) is 4.10. The lowest BCUT2D eigenvalue weighted by Crippen LogP contribution is -2.56. The maximum Gasteiger partial charge on any atom is 0.272 e. The summed E-state index contributed by atoms with van der Waals surface area (Å²) in [5.74, 6) is 0.155. The number of carbonyl (C=O) groups excluding carboxylic acids is 2. The summed E-state index contributed by atoms with van der Waals surface area (Å²) in [4.78, 5) is 37.1. The molecule has 1 N–H and O–H groups in total. The number of hydrogen-bond donors (Lipinski definition) is 1. The van der Waals surface area contributed by atoms with Crippen LogP contribution in [0.2, 0.25) is 0 Å². The summed E-state index contributed by atoms with van der Waals surface area (Å²) in [6.07, 6.45) is -0.505. The maximum absolute atomic E-state index is 13.3. The number of fused-ring (bicyclic) bond motifs is 1. The molecule has 170 valence electrons. The second kappa shape index (κ2) is 8.98. The minimum Gasteiger partial charge on any atom is -0.486 e. The number of nitroso groups, excluding NO2 is 1. The number of benzene rings is 2. The standard InChI is InChI=1S/C24H29N3O5/c1-14-9-15(2)11-17(10-14)23(29)27(24(4,5)6)26-22(28)19-7-8-20-21(16(19)3)32-18(12-25-30)13-31-20/h7-11,18H,12-13H2,1-6H3,(H,26,28). The van der Waals surface area contributed by atoms with Gasteiger partial charge in [0.1, 0.15) is 13.2 Å². The summed E-state index contributed by atoms with van der Waals surface area (Å²) >= 11 is 0. The summed E-state index contributed by atoms with van der Waals surface area (Å²) in [5.41, 5.74) is 5.44. The summed E-state index contributed by atoms with van der Waals surface area (Å²) in [5, 5.41) is 4.21. The van der Waals surface area contributed by atoms with Gasteiger partial charge in [0.15, 0.2) is 17.6 Å². The van der Waals surface area contributed by atoms with E-state index >= 15 is 0 Å². The van der Waals surface area contributed by atoms with Crippen molar-refractivity contribution in [1.82, 2.24) is 10.4 Å². The van der Waals surface area contributed by atoms with E-state index in [1.54, 1.807) is 31.2 Å². The molecule has 2 amide bonds. The lowest BCUT2D eigenvalue weighted by atomic mass is 10.0. The molecule has 8 heteroatoms. The molecule has 0 radical (unpaired) electrons. The van der Waals surface area contributed by atoms with Crippen LogP contribution >= 0.6 is 0 Å². The number of rotatable bonds is 4. The van der Waals surface area contributed by atoms with Crippen LogP contribution in [0.4, 0.5) is 0 Å². The smallest absolute Gasteiger partial charge is 0.272 e. The van der Waals surface area contributed by atoms with Crippen LogP contribution in [0.15, 0.2) is 35.5 Å². The number of aryl methyl sites for hydroxylation is 2. The van der Waals surface area contributed by atoms with E-state index in [4.69, 9.17) is 9.47 Å². The Balaban J connectivity index is 1.90. The summed E-state index contributed by atoms with van der Waals surface area (Å²) in [6, 6.07) is 8.87. The molecule has 2 aromatic rings. The van der Waals surface area contributed by atoms with Gasteiger partial charge in [0.2, 0.25) is 0 Å². The molecule has 32 heavy (non-hydrogen) atoms. The first-order chi connectivity index (χ1) is 15.0. The van der Waals surface area contributed by atoms with Crippen LogP contribution in [0.25, 0.3) is 0 Å². The van der Waals surface area contributed by atoms with E-state index in [-0.39, 0.29) is 19.1 Å². The number of nitrogens with zero attached hydrogens (tertiary/aromatic N) is 2. The Bertz CT molecular complexity index is 1040. The van der Waals surface area contributed by atoms with Gasteiger partial charge in [-0.15, -0.1) is 0 Å². The molecular formula is C24H29N3O5. The molecule has 8 nitrogen and oxygen atoms in total. The molecule has 2 aromatic carbocycles. The van der Waals surface area contributed by atoms with E-state index in [9.17, 15) is 14.5 Å². The second-order valence-electron chi connectivity index (χ2n) is 9.06. The van der Waals surface area contributed by atoms with Gasteiger partial charge < -0.3 is 9.47 Å². The van der Waals surface area contributed by atoms with Crippen molar-refractivity contribution >= 4 is 11.8 Å². The first kappa shape index (κ1) is 23.2. The van der Waals surface area contributed by atoms with Crippen molar-refractivity contribution in [1.29, 1.82) is 0 Å². The van der Waals surface area contributed by atoms with Gasteiger partial charge in [-0.05, 0) is 65.8 Å². The zero-order chi connectivity index (χ0) is 23.6. The molecule has 0 saturated carbocycles. The van der Waals surface area contributed by atoms with Gasteiger partial charge in [-0.25, -0.2) is 5.01 Å². The third-order valence-electron chi connectivity index (χ3n) is 5.16. The van der Waals surface area contributed by atoms with E-state index in [2.05, 4.69) is 10.6 Å². The monoisotopic (exact) mass is 439 g/mol. The van der Waals surface area contributed by atoms with Crippen LogP contribution in [0.5, 0.6) is 11.5 Å². The average molecular weight is 440 g/mol. The Morgan fingerprint density at radius 1 is 1.12 bits per heavy atom. The van der Waals surface area contributed by atoms with E-state index in [1.807, 2.05) is 40.7 Å². The van der Waals surface area contributed by atoms with Gasteiger partial charge in [-0.2, -0.15) is 4.91 Å². The van der Waals surface area contributed by atoms with E-state index in [0.29, 0.717) is 28.2 Å². The second-order valence-corrected chi connectivity index (χ2v) is 9.06. The fourth-order valence-electron chi connectivity index (χ4n) is 3.64.